The summed E-state index contributed by atoms with van der Waals surface area (Å²) in [4.78, 5) is 14.4. The third kappa shape index (κ3) is 4.96. The molecule has 2 aromatic rings. The highest BCUT2D eigenvalue weighted by Crippen LogP contribution is 2.36. The Bertz CT molecular complexity index is 719. The zero-order valence-corrected chi connectivity index (χ0v) is 15.8. The van der Waals surface area contributed by atoms with Gasteiger partial charge >= 0.3 is 5.97 Å². The standard InChI is InChI=1S/C23H29NO3/c25-21-14-17-24(16-13-20-10-5-2-6-11-20)18-23(21,22(26)27)15-7-12-19-8-3-1-4-9-19/h1-6,8-11,21,25H,7,12-18H2,(H,26,27)/t21-,23-/m1/s1. The van der Waals surface area contributed by atoms with Crippen molar-refractivity contribution in [3.63, 3.8) is 0 Å². The van der Waals surface area contributed by atoms with E-state index >= 15 is 0 Å². The van der Waals surface area contributed by atoms with E-state index in [1.54, 1.807) is 0 Å². The average molecular weight is 367 g/mol. The molecule has 0 aliphatic carbocycles. The number of carbonyl (C=O) groups is 1. The minimum atomic E-state index is -1.07. The van der Waals surface area contributed by atoms with Crippen molar-refractivity contribution in [2.75, 3.05) is 19.6 Å². The summed E-state index contributed by atoms with van der Waals surface area (Å²) in [5.74, 6) is -0.868. The van der Waals surface area contributed by atoms with Gasteiger partial charge in [0.1, 0.15) is 5.41 Å². The first-order valence-electron chi connectivity index (χ1n) is 9.82. The number of aliphatic hydroxyl groups is 1. The Hall–Kier alpha value is -2.17. The van der Waals surface area contributed by atoms with E-state index in [-0.39, 0.29) is 0 Å². The Morgan fingerprint density at radius 1 is 1.00 bits per heavy atom. The van der Waals surface area contributed by atoms with Gasteiger partial charge in [0.15, 0.2) is 0 Å². The quantitative estimate of drug-likeness (QED) is 0.751. The highest BCUT2D eigenvalue weighted by Gasteiger charge is 2.48. The maximum Gasteiger partial charge on any atom is 0.313 e. The summed E-state index contributed by atoms with van der Waals surface area (Å²) in [6.07, 6.45) is 2.74. The number of carboxylic acids is 1. The number of carboxylic acid groups (broad SMARTS) is 1. The fourth-order valence-corrected chi connectivity index (χ4v) is 4.10. The van der Waals surface area contributed by atoms with E-state index in [1.807, 2.05) is 36.4 Å². The van der Waals surface area contributed by atoms with Crippen LogP contribution in [0.2, 0.25) is 0 Å². The van der Waals surface area contributed by atoms with Gasteiger partial charge in [-0.2, -0.15) is 0 Å². The van der Waals surface area contributed by atoms with E-state index < -0.39 is 17.5 Å². The normalized spacial score (nSPS) is 23.2. The van der Waals surface area contributed by atoms with Crippen molar-refractivity contribution in [2.45, 2.75) is 38.2 Å². The molecule has 4 heteroatoms. The number of rotatable bonds is 8. The van der Waals surface area contributed by atoms with Crippen molar-refractivity contribution >= 4 is 5.97 Å². The first-order valence-corrected chi connectivity index (χ1v) is 9.82. The summed E-state index contributed by atoms with van der Waals surface area (Å²) < 4.78 is 0. The number of hydrogen-bond acceptors (Lipinski definition) is 3. The van der Waals surface area contributed by atoms with Crippen LogP contribution in [0.15, 0.2) is 60.7 Å². The van der Waals surface area contributed by atoms with Crippen molar-refractivity contribution in [1.29, 1.82) is 0 Å². The predicted octanol–water partition coefficient (Wildman–Crippen LogP) is 3.39. The summed E-state index contributed by atoms with van der Waals surface area (Å²) in [6.45, 7) is 2.00. The molecule has 0 spiro atoms. The van der Waals surface area contributed by atoms with Gasteiger partial charge in [0, 0.05) is 19.6 Å². The summed E-state index contributed by atoms with van der Waals surface area (Å²) in [6, 6.07) is 20.4. The number of benzene rings is 2. The summed E-state index contributed by atoms with van der Waals surface area (Å²) in [5, 5.41) is 20.6. The molecule has 2 atom stereocenters. The molecule has 1 saturated heterocycles. The molecule has 4 nitrogen and oxygen atoms in total. The molecule has 2 aromatic carbocycles. The van der Waals surface area contributed by atoms with Crippen molar-refractivity contribution < 1.29 is 15.0 Å². The number of nitrogens with zero attached hydrogens (tertiary/aromatic N) is 1. The van der Waals surface area contributed by atoms with Crippen LogP contribution in [0.25, 0.3) is 0 Å². The van der Waals surface area contributed by atoms with Crippen molar-refractivity contribution in [3.05, 3.63) is 71.8 Å². The Labute approximate surface area is 161 Å². The molecule has 144 valence electrons. The molecular formula is C23H29NO3. The predicted molar refractivity (Wildman–Crippen MR) is 107 cm³/mol. The maximum atomic E-state index is 12.2. The minimum absolute atomic E-state index is 0.422. The molecule has 3 rings (SSSR count). The van der Waals surface area contributed by atoms with Gasteiger partial charge in [0.25, 0.3) is 0 Å². The van der Waals surface area contributed by atoms with Gasteiger partial charge in [-0.15, -0.1) is 0 Å². The minimum Gasteiger partial charge on any atom is -0.481 e. The number of hydrogen-bond donors (Lipinski definition) is 2. The van der Waals surface area contributed by atoms with Crippen LogP contribution in [0.1, 0.15) is 30.4 Å². The van der Waals surface area contributed by atoms with Gasteiger partial charge in [-0.3, -0.25) is 4.79 Å². The molecule has 1 aliphatic heterocycles. The van der Waals surface area contributed by atoms with Crippen molar-refractivity contribution in [2.24, 2.45) is 5.41 Å². The fourth-order valence-electron chi connectivity index (χ4n) is 4.10. The number of likely N-dealkylation sites (tertiary alicyclic amines) is 1. The van der Waals surface area contributed by atoms with E-state index in [4.69, 9.17) is 0 Å². The van der Waals surface area contributed by atoms with Crippen LogP contribution in [-0.2, 0) is 17.6 Å². The van der Waals surface area contributed by atoms with E-state index in [9.17, 15) is 15.0 Å². The van der Waals surface area contributed by atoms with Crippen LogP contribution in [0, 0.1) is 5.41 Å². The third-order valence-electron chi connectivity index (χ3n) is 5.78. The first kappa shape index (κ1) is 19.6. The lowest BCUT2D eigenvalue weighted by Gasteiger charge is -2.43. The van der Waals surface area contributed by atoms with E-state index in [0.29, 0.717) is 19.4 Å². The fraction of sp³-hybridized carbons (Fsp3) is 0.435. The lowest BCUT2D eigenvalue weighted by molar-refractivity contribution is -0.164. The van der Waals surface area contributed by atoms with Gasteiger partial charge in [0.05, 0.1) is 6.10 Å². The molecule has 1 heterocycles. The number of aliphatic hydroxyl groups excluding tert-OH is 1. The Balaban J connectivity index is 1.61. The SMILES string of the molecule is O=C(O)[C@]1(CCCc2ccccc2)CN(CCc2ccccc2)CC[C@H]1O. The molecule has 0 amide bonds. The van der Waals surface area contributed by atoms with Gasteiger partial charge < -0.3 is 15.1 Å². The molecular weight excluding hydrogens is 338 g/mol. The third-order valence-corrected chi connectivity index (χ3v) is 5.78. The second-order valence-corrected chi connectivity index (χ2v) is 7.62. The second kappa shape index (κ2) is 9.16. The molecule has 2 N–H and O–H groups in total. The van der Waals surface area contributed by atoms with Crippen molar-refractivity contribution in [1.82, 2.24) is 4.90 Å². The van der Waals surface area contributed by atoms with Crippen LogP contribution in [-0.4, -0.2) is 46.8 Å². The lowest BCUT2D eigenvalue weighted by atomic mass is 9.73. The number of aliphatic carboxylic acids is 1. The maximum absolute atomic E-state index is 12.2. The average Bonchev–Trinajstić information content (AvgIpc) is 2.70. The largest absolute Gasteiger partial charge is 0.481 e. The van der Waals surface area contributed by atoms with E-state index in [0.717, 1.165) is 32.4 Å². The monoisotopic (exact) mass is 367 g/mol. The summed E-state index contributed by atoms with van der Waals surface area (Å²) in [7, 11) is 0. The van der Waals surface area contributed by atoms with E-state index in [1.165, 1.54) is 11.1 Å². The molecule has 1 fully saturated rings. The molecule has 1 aliphatic rings. The molecule has 0 radical (unpaired) electrons. The highest BCUT2D eigenvalue weighted by atomic mass is 16.4. The molecule has 27 heavy (non-hydrogen) atoms. The first-order chi connectivity index (χ1) is 13.1. The molecule has 0 saturated carbocycles. The van der Waals surface area contributed by atoms with Crippen LogP contribution in [0.4, 0.5) is 0 Å². The van der Waals surface area contributed by atoms with E-state index in [2.05, 4.69) is 29.2 Å². The summed E-state index contributed by atoms with van der Waals surface area (Å²) >= 11 is 0. The number of aryl methyl sites for hydroxylation is 1. The second-order valence-electron chi connectivity index (χ2n) is 7.62. The van der Waals surface area contributed by atoms with Crippen LogP contribution >= 0.6 is 0 Å². The van der Waals surface area contributed by atoms with Gasteiger partial charge in [0.2, 0.25) is 0 Å². The van der Waals surface area contributed by atoms with Crippen LogP contribution in [0.5, 0.6) is 0 Å². The van der Waals surface area contributed by atoms with Gasteiger partial charge in [-0.25, -0.2) is 0 Å². The lowest BCUT2D eigenvalue weighted by Crippen LogP contribution is -2.56. The smallest absolute Gasteiger partial charge is 0.313 e. The zero-order chi connectivity index (χ0) is 19.1. The topological polar surface area (TPSA) is 60.8 Å². The number of piperidine rings is 1. The van der Waals surface area contributed by atoms with Gasteiger partial charge in [-0.1, -0.05) is 60.7 Å². The Kier molecular flexibility index (Phi) is 6.64. The summed E-state index contributed by atoms with van der Waals surface area (Å²) in [5.41, 5.74) is 1.40. The van der Waals surface area contributed by atoms with Crippen LogP contribution in [0.3, 0.4) is 0 Å². The molecule has 0 bridgehead atoms. The van der Waals surface area contributed by atoms with Crippen molar-refractivity contribution in [3.8, 4) is 0 Å². The van der Waals surface area contributed by atoms with Crippen LogP contribution < -0.4 is 0 Å². The Morgan fingerprint density at radius 3 is 2.19 bits per heavy atom. The molecule has 0 aromatic heterocycles. The Morgan fingerprint density at radius 2 is 1.59 bits per heavy atom. The van der Waals surface area contributed by atoms with Gasteiger partial charge in [-0.05, 0) is 43.2 Å². The zero-order valence-electron chi connectivity index (χ0n) is 15.8. The highest BCUT2D eigenvalue weighted by molar-refractivity contribution is 5.76. The molecule has 0 unspecified atom stereocenters.